The van der Waals surface area contributed by atoms with Gasteiger partial charge in [0.1, 0.15) is 40.6 Å². The van der Waals surface area contributed by atoms with Crippen LogP contribution in [0.4, 0.5) is 48.1 Å². The molecule has 2 aromatic carbocycles. The SMILES string of the molecule is Cc1nc(Nc2ccc(NC(=O)Nc3c(F)cccc3F)cc2)cc(Nc2ccccn2)n1. The number of pyridine rings is 1. The lowest BCUT2D eigenvalue weighted by atomic mass is 10.2. The molecule has 2 amide bonds. The predicted molar refractivity (Wildman–Crippen MR) is 123 cm³/mol. The maximum absolute atomic E-state index is 13.7. The number of anilines is 6. The van der Waals surface area contributed by atoms with Crippen LogP contribution in [0.5, 0.6) is 0 Å². The summed E-state index contributed by atoms with van der Waals surface area (Å²) in [6.07, 6.45) is 1.68. The van der Waals surface area contributed by atoms with Gasteiger partial charge in [-0.3, -0.25) is 0 Å². The highest BCUT2D eigenvalue weighted by molar-refractivity contribution is 6.00. The molecule has 4 N–H and O–H groups in total. The van der Waals surface area contributed by atoms with Crippen LogP contribution in [0.25, 0.3) is 0 Å². The Morgan fingerprint density at radius 3 is 2.09 bits per heavy atom. The van der Waals surface area contributed by atoms with Gasteiger partial charge in [-0.15, -0.1) is 0 Å². The van der Waals surface area contributed by atoms with Crippen LogP contribution in [-0.2, 0) is 0 Å². The number of hydrogen-bond acceptors (Lipinski definition) is 6. The number of nitrogens with zero attached hydrogens (tertiary/aromatic N) is 3. The Hall–Kier alpha value is -4.60. The standard InChI is InChI=1S/C23H19F2N7O/c1-14-27-20(13-21(28-14)31-19-7-2-3-12-26-19)29-15-8-10-16(11-9-15)30-23(33)32-22-17(24)5-4-6-18(22)25/h2-13H,1H3,(H2,30,32,33)(H2,26,27,28,29,31). The summed E-state index contributed by atoms with van der Waals surface area (Å²) in [4.78, 5) is 25.0. The van der Waals surface area contributed by atoms with Crippen molar-refractivity contribution in [2.24, 2.45) is 0 Å². The van der Waals surface area contributed by atoms with E-state index in [0.29, 0.717) is 34.7 Å². The van der Waals surface area contributed by atoms with Crippen LogP contribution in [0.1, 0.15) is 5.82 Å². The molecule has 2 heterocycles. The number of carbonyl (C=O) groups excluding carboxylic acids is 1. The number of urea groups is 1. The molecule has 0 aliphatic heterocycles. The van der Waals surface area contributed by atoms with Crippen LogP contribution in [-0.4, -0.2) is 21.0 Å². The van der Waals surface area contributed by atoms with Gasteiger partial charge in [-0.2, -0.15) is 0 Å². The van der Waals surface area contributed by atoms with Gasteiger partial charge in [0.2, 0.25) is 0 Å². The lowest BCUT2D eigenvalue weighted by Crippen LogP contribution is -2.20. The van der Waals surface area contributed by atoms with E-state index < -0.39 is 23.4 Å². The minimum absolute atomic E-state index is 0.436. The number of carbonyl (C=O) groups is 1. The molecule has 0 atom stereocenters. The maximum Gasteiger partial charge on any atom is 0.323 e. The lowest BCUT2D eigenvalue weighted by molar-refractivity contribution is 0.262. The van der Waals surface area contributed by atoms with Crippen molar-refractivity contribution in [3.8, 4) is 0 Å². The molecule has 0 aliphatic carbocycles. The fraction of sp³-hybridized carbons (Fsp3) is 0.0435. The van der Waals surface area contributed by atoms with Gasteiger partial charge in [-0.1, -0.05) is 12.1 Å². The average molecular weight is 447 g/mol. The summed E-state index contributed by atoms with van der Waals surface area (Å²) in [7, 11) is 0. The number of hydrogen-bond donors (Lipinski definition) is 4. The number of halogens is 2. The van der Waals surface area contributed by atoms with Crippen molar-refractivity contribution in [3.63, 3.8) is 0 Å². The summed E-state index contributed by atoms with van der Waals surface area (Å²) in [5.41, 5.74) is 0.636. The molecule has 4 aromatic rings. The Morgan fingerprint density at radius 1 is 0.758 bits per heavy atom. The number of amides is 2. The summed E-state index contributed by atoms with van der Waals surface area (Å²) < 4.78 is 27.4. The summed E-state index contributed by atoms with van der Waals surface area (Å²) in [5, 5.41) is 11.0. The fourth-order valence-electron chi connectivity index (χ4n) is 2.94. The number of benzene rings is 2. The molecular weight excluding hydrogens is 428 g/mol. The Balaban J connectivity index is 1.40. The number of rotatable bonds is 6. The highest BCUT2D eigenvalue weighted by atomic mass is 19.1. The van der Waals surface area contributed by atoms with E-state index in [1.807, 2.05) is 18.2 Å². The van der Waals surface area contributed by atoms with Crippen LogP contribution in [0, 0.1) is 18.6 Å². The van der Waals surface area contributed by atoms with E-state index in [-0.39, 0.29) is 0 Å². The summed E-state index contributed by atoms with van der Waals surface area (Å²) in [5.74, 6) is 0.649. The number of nitrogens with one attached hydrogen (secondary N) is 4. The molecule has 0 radical (unpaired) electrons. The van der Waals surface area contributed by atoms with E-state index in [1.165, 1.54) is 6.07 Å². The largest absolute Gasteiger partial charge is 0.340 e. The van der Waals surface area contributed by atoms with Gasteiger partial charge in [-0.25, -0.2) is 28.5 Å². The first kappa shape index (κ1) is 21.6. The molecule has 0 saturated carbocycles. The molecule has 2 aromatic heterocycles. The van der Waals surface area contributed by atoms with Gasteiger partial charge in [0, 0.05) is 23.6 Å². The third-order valence-corrected chi connectivity index (χ3v) is 4.38. The third kappa shape index (κ3) is 5.76. The first-order valence-electron chi connectivity index (χ1n) is 9.89. The molecule has 166 valence electrons. The smallest absolute Gasteiger partial charge is 0.323 e. The second-order valence-corrected chi connectivity index (χ2v) is 6.90. The van der Waals surface area contributed by atoms with Crippen molar-refractivity contribution in [1.29, 1.82) is 0 Å². The second kappa shape index (κ2) is 9.69. The quantitative estimate of drug-likeness (QED) is 0.307. The van der Waals surface area contributed by atoms with Gasteiger partial charge in [0.25, 0.3) is 0 Å². The number of para-hydroxylation sites is 1. The minimum Gasteiger partial charge on any atom is -0.340 e. The van der Waals surface area contributed by atoms with E-state index in [9.17, 15) is 13.6 Å². The molecule has 0 fully saturated rings. The van der Waals surface area contributed by atoms with Crippen LogP contribution in [0.15, 0.2) is 72.9 Å². The molecule has 0 spiro atoms. The zero-order chi connectivity index (χ0) is 23.2. The summed E-state index contributed by atoms with van der Waals surface area (Å²) in [6.45, 7) is 1.78. The van der Waals surface area contributed by atoms with E-state index in [1.54, 1.807) is 43.5 Å². The Morgan fingerprint density at radius 2 is 1.42 bits per heavy atom. The molecule has 33 heavy (non-hydrogen) atoms. The van der Waals surface area contributed by atoms with Crippen molar-refractivity contribution < 1.29 is 13.6 Å². The van der Waals surface area contributed by atoms with Gasteiger partial charge < -0.3 is 21.3 Å². The van der Waals surface area contributed by atoms with Crippen molar-refractivity contribution in [2.75, 3.05) is 21.3 Å². The van der Waals surface area contributed by atoms with Gasteiger partial charge in [0.05, 0.1) is 0 Å². The highest BCUT2D eigenvalue weighted by Gasteiger charge is 2.12. The van der Waals surface area contributed by atoms with E-state index in [2.05, 4.69) is 36.2 Å². The summed E-state index contributed by atoms with van der Waals surface area (Å²) in [6, 6.07) is 16.6. The molecule has 0 aliphatic rings. The van der Waals surface area contributed by atoms with Gasteiger partial charge in [-0.05, 0) is 55.5 Å². The fourth-order valence-corrected chi connectivity index (χ4v) is 2.94. The zero-order valence-electron chi connectivity index (χ0n) is 17.4. The van der Waals surface area contributed by atoms with Crippen LogP contribution in [0.2, 0.25) is 0 Å². The van der Waals surface area contributed by atoms with Crippen LogP contribution >= 0.6 is 0 Å². The predicted octanol–water partition coefficient (Wildman–Crippen LogP) is 5.59. The molecular formula is C23H19F2N7O. The van der Waals surface area contributed by atoms with Gasteiger partial charge >= 0.3 is 6.03 Å². The van der Waals surface area contributed by atoms with Crippen molar-refractivity contribution >= 4 is 40.5 Å². The second-order valence-electron chi connectivity index (χ2n) is 6.90. The molecule has 0 unspecified atom stereocenters. The van der Waals surface area contributed by atoms with Crippen molar-refractivity contribution in [3.05, 3.63) is 90.4 Å². The average Bonchev–Trinajstić information content (AvgIpc) is 2.78. The normalized spacial score (nSPS) is 10.4. The summed E-state index contributed by atoms with van der Waals surface area (Å²) >= 11 is 0. The highest BCUT2D eigenvalue weighted by Crippen LogP contribution is 2.22. The minimum atomic E-state index is -0.859. The first-order valence-corrected chi connectivity index (χ1v) is 9.89. The Bertz CT molecular complexity index is 1250. The van der Waals surface area contributed by atoms with Gasteiger partial charge in [0.15, 0.2) is 0 Å². The van der Waals surface area contributed by atoms with Crippen LogP contribution < -0.4 is 21.3 Å². The third-order valence-electron chi connectivity index (χ3n) is 4.38. The Labute approximate surface area is 188 Å². The number of aryl methyl sites for hydroxylation is 1. The van der Waals surface area contributed by atoms with Crippen LogP contribution in [0.3, 0.4) is 0 Å². The monoisotopic (exact) mass is 447 g/mol. The van der Waals surface area contributed by atoms with Crippen molar-refractivity contribution in [2.45, 2.75) is 6.92 Å². The first-order chi connectivity index (χ1) is 16.0. The van der Waals surface area contributed by atoms with Crippen molar-refractivity contribution in [1.82, 2.24) is 15.0 Å². The van der Waals surface area contributed by atoms with E-state index in [0.717, 1.165) is 12.1 Å². The molecule has 10 heteroatoms. The lowest BCUT2D eigenvalue weighted by Gasteiger charge is -2.11. The van der Waals surface area contributed by atoms with E-state index >= 15 is 0 Å². The topological polar surface area (TPSA) is 104 Å². The molecule has 8 nitrogen and oxygen atoms in total. The number of aromatic nitrogens is 3. The molecule has 0 bridgehead atoms. The maximum atomic E-state index is 13.7. The molecule has 0 saturated heterocycles. The van der Waals surface area contributed by atoms with E-state index in [4.69, 9.17) is 0 Å². The Kier molecular flexibility index (Phi) is 6.35. The molecule has 4 rings (SSSR count). The zero-order valence-corrected chi connectivity index (χ0v) is 17.4.